The van der Waals surface area contributed by atoms with Crippen LogP contribution in [0.5, 0.6) is 0 Å². The van der Waals surface area contributed by atoms with Crippen LogP contribution in [0.25, 0.3) is 0 Å². The van der Waals surface area contributed by atoms with E-state index >= 15 is 0 Å². The molecule has 0 radical (unpaired) electrons. The molecule has 3 amide bonds. The summed E-state index contributed by atoms with van der Waals surface area (Å²) < 4.78 is 0. The number of hydrogen-bond acceptors (Lipinski definition) is 3. The average Bonchev–Trinajstić information content (AvgIpc) is 2.80. The molecule has 1 aliphatic rings. The number of rotatable bonds is 12. The standard InChI is InChI=1S/C16H32N4O2/c1-13-14(20-16(22)19-13)9-5-4-6-10-15(21)18-12-8-3-2-7-11-17/h13-14H,2-12,17H2,1H3,(H,18,21)(H2,19,20,22). The van der Waals surface area contributed by atoms with E-state index in [0.717, 1.165) is 64.5 Å². The van der Waals surface area contributed by atoms with Gasteiger partial charge >= 0.3 is 6.03 Å². The van der Waals surface area contributed by atoms with Gasteiger partial charge in [-0.1, -0.05) is 25.7 Å². The van der Waals surface area contributed by atoms with Crippen LogP contribution >= 0.6 is 0 Å². The van der Waals surface area contributed by atoms with Gasteiger partial charge in [0.05, 0.1) is 6.04 Å². The van der Waals surface area contributed by atoms with Gasteiger partial charge in [-0.05, 0) is 39.2 Å². The summed E-state index contributed by atoms with van der Waals surface area (Å²) in [4.78, 5) is 22.8. The van der Waals surface area contributed by atoms with E-state index in [1.165, 1.54) is 0 Å². The zero-order chi connectivity index (χ0) is 16.2. The van der Waals surface area contributed by atoms with E-state index in [4.69, 9.17) is 5.73 Å². The van der Waals surface area contributed by atoms with Crippen molar-refractivity contribution < 1.29 is 9.59 Å². The van der Waals surface area contributed by atoms with Gasteiger partial charge in [-0.25, -0.2) is 4.79 Å². The molecule has 6 nitrogen and oxygen atoms in total. The Morgan fingerprint density at radius 1 is 1.09 bits per heavy atom. The second-order valence-corrected chi connectivity index (χ2v) is 6.17. The van der Waals surface area contributed by atoms with Gasteiger partial charge in [-0.15, -0.1) is 0 Å². The SMILES string of the molecule is CC1NC(=O)NC1CCCCCC(=O)NCCCCCCN. The third-order valence-electron chi connectivity index (χ3n) is 4.15. The van der Waals surface area contributed by atoms with E-state index in [9.17, 15) is 9.59 Å². The molecule has 0 aromatic rings. The van der Waals surface area contributed by atoms with E-state index in [2.05, 4.69) is 16.0 Å². The van der Waals surface area contributed by atoms with Crippen LogP contribution in [0.4, 0.5) is 4.79 Å². The molecule has 128 valence electrons. The van der Waals surface area contributed by atoms with Crippen molar-refractivity contribution in [3.8, 4) is 0 Å². The first-order chi connectivity index (χ1) is 10.6. The van der Waals surface area contributed by atoms with E-state index in [0.29, 0.717) is 6.42 Å². The molecule has 5 N–H and O–H groups in total. The molecule has 0 aromatic heterocycles. The number of hydrogen-bond donors (Lipinski definition) is 4. The van der Waals surface area contributed by atoms with E-state index in [-0.39, 0.29) is 24.0 Å². The molecular formula is C16H32N4O2. The smallest absolute Gasteiger partial charge is 0.315 e. The Morgan fingerprint density at radius 2 is 1.82 bits per heavy atom. The van der Waals surface area contributed by atoms with Gasteiger partial charge in [-0.2, -0.15) is 0 Å². The number of carbonyl (C=O) groups is 2. The van der Waals surface area contributed by atoms with Crippen molar-refractivity contribution in [1.82, 2.24) is 16.0 Å². The summed E-state index contributed by atoms with van der Waals surface area (Å²) in [6.45, 7) is 3.55. The van der Waals surface area contributed by atoms with Crippen LogP contribution in [0.15, 0.2) is 0 Å². The van der Waals surface area contributed by atoms with Crippen LogP contribution in [0.1, 0.15) is 64.7 Å². The Morgan fingerprint density at radius 3 is 2.50 bits per heavy atom. The summed E-state index contributed by atoms with van der Waals surface area (Å²) in [6, 6.07) is 0.369. The predicted octanol–water partition coefficient (Wildman–Crippen LogP) is 1.64. The van der Waals surface area contributed by atoms with Crippen LogP contribution < -0.4 is 21.7 Å². The number of unbranched alkanes of at least 4 members (excludes halogenated alkanes) is 5. The van der Waals surface area contributed by atoms with E-state index in [1.807, 2.05) is 6.92 Å². The minimum atomic E-state index is -0.0664. The molecule has 6 heteroatoms. The number of nitrogens with one attached hydrogen (secondary N) is 3. The van der Waals surface area contributed by atoms with Crippen LogP contribution in [0.2, 0.25) is 0 Å². The van der Waals surface area contributed by atoms with Gasteiger partial charge in [0.15, 0.2) is 0 Å². The third-order valence-corrected chi connectivity index (χ3v) is 4.15. The second-order valence-electron chi connectivity index (χ2n) is 6.17. The lowest BCUT2D eigenvalue weighted by molar-refractivity contribution is -0.121. The Labute approximate surface area is 134 Å². The third kappa shape index (κ3) is 8.22. The minimum Gasteiger partial charge on any atom is -0.356 e. The normalized spacial score (nSPS) is 20.5. The summed E-state index contributed by atoms with van der Waals surface area (Å²) in [7, 11) is 0. The molecule has 0 aliphatic carbocycles. The predicted molar refractivity (Wildman–Crippen MR) is 88.5 cm³/mol. The minimum absolute atomic E-state index is 0.0664. The summed E-state index contributed by atoms with van der Waals surface area (Å²) in [6.07, 6.45) is 8.97. The fraction of sp³-hybridized carbons (Fsp3) is 0.875. The van der Waals surface area contributed by atoms with Gasteiger partial charge in [0.2, 0.25) is 5.91 Å². The van der Waals surface area contributed by atoms with Crippen molar-refractivity contribution in [3.63, 3.8) is 0 Å². The number of urea groups is 1. The molecule has 0 aromatic carbocycles. The fourth-order valence-corrected chi connectivity index (χ4v) is 2.73. The zero-order valence-electron chi connectivity index (χ0n) is 13.8. The Bertz CT molecular complexity index is 336. The topological polar surface area (TPSA) is 96.2 Å². The molecule has 0 spiro atoms. The van der Waals surface area contributed by atoms with Crippen molar-refractivity contribution in [2.75, 3.05) is 13.1 Å². The fourth-order valence-electron chi connectivity index (χ4n) is 2.73. The van der Waals surface area contributed by atoms with Gasteiger partial charge in [-0.3, -0.25) is 4.79 Å². The molecule has 1 fully saturated rings. The number of amides is 3. The largest absolute Gasteiger partial charge is 0.356 e. The maximum Gasteiger partial charge on any atom is 0.315 e. The molecule has 0 bridgehead atoms. The van der Waals surface area contributed by atoms with Gasteiger partial charge < -0.3 is 21.7 Å². The van der Waals surface area contributed by atoms with Crippen molar-refractivity contribution in [2.24, 2.45) is 5.73 Å². The molecule has 0 saturated carbocycles. The lowest BCUT2D eigenvalue weighted by Crippen LogP contribution is -2.30. The monoisotopic (exact) mass is 312 g/mol. The summed E-state index contributed by atoms with van der Waals surface area (Å²) in [5, 5.41) is 8.73. The molecular weight excluding hydrogens is 280 g/mol. The molecule has 2 unspecified atom stereocenters. The zero-order valence-corrected chi connectivity index (χ0v) is 13.8. The van der Waals surface area contributed by atoms with Crippen LogP contribution in [-0.2, 0) is 4.79 Å². The van der Waals surface area contributed by atoms with Gasteiger partial charge in [0, 0.05) is 19.0 Å². The molecule has 1 heterocycles. The highest BCUT2D eigenvalue weighted by Crippen LogP contribution is 2.11. The van der Waals surface area contributed by atoms with Crippen molar-refractivity contribution in [2.45, 2.75) is 76.8 Å². The second kappa shape index (κ2) is 11.3. The van der Waals surface area contributed by atoms with Crippen molar-refractivity contribution in [1.29, 1.82) is 0 Å². The molecule has 1 rings (SSSR count). The Kier molecular flexibility index (Phi) is 9.62. The van der Waals surface area contributed by atoms with Gasteiger partial charge in [0.25, 0.3) is 0 Å². The molecule has 1 saturated heterocycles. The average molecular weight is 312 g/mol. The van der Waals surface area contributed by atoms with E-state index < -0.39 is 0 Å². The van der Waals surface area contributed by atoms with Crippen LogP contribution in [0, 0.1) is 0 Å². The summed E-state index contributed by atoms with van der Waals surface area (Å²) in [5.74, 6) is 0.156. The first kappa shape index (κ1) is 18.7. The maximum absolute atomic E-state index is 11.6. The lowest BCUT2D eigenvalue weighted by Gasteiger charge is -2.13. The quantitative estimate of drug-likeness (QED) is 0.412. The molecule has 2 atom stereocenters. The van der Waals surface area contributed by atoms with Crippen molar-refractivity contribution in [3.05, 3.63) is 0 Å². The highest BCUT2D eigenvalue weighted by molar-refractivity contribution is 5.77. The first-order valence-corrected chi connectivity index (χ1v) is 8.67. The molecule has 1 aliphatic heterocycles. The number of carbonyl (C=O) groups excluding carboxylic acids is 2. The van der Waals surface area contributed by atoms with Crippen LogP contribution in [-0.4, -0.2) is 37.1 Å². The summed E-state index contributed by atoms with van der Waals surface area (Å²) >= 11 is 0. The number of nitrogens with two attached hydrogens (primary N) is 1. The highest BCUT2D eigenvalue weighted by Gasteiger charge is 2.26. The summed E-state index contributed by atoms with van der Waals surface area (Å²) in [5.41, 5.74) is 5.43. The highest BCUT2D eigenvalue weighted by atomic mass is 16.2. The maximum atomic E-state index is 11.6. The molecule has 22 heavy (non-hydrogen) atoms. The van der Waals surface area contributed by atoms with Crippen LogP contribution in [0.3, 0.4) is 0 Å². The van der Waals surface area contributed by atoms with Gasteiger partial charge in [0.1, 0.15) is 0 Å². The van der Waals surface area contributed by atoms with E-state index in [1.54, 1.807) is 0 Å². The lowest BCUT2D eigenvalue weighted by atomic mass is 10.0. The Balaban J connectivity index is 1.89. The first-order valence-electron chi connectivity index (χ1n) is 8.67. The van der Waals surface area contributed by atoms with Crippen molar-refractivity contribution >= 4 is 11.9 Å². The Hall–Kier alpha value is -1.30.